The van der Waals surface area contributed by atoms with E-state index in [-0.39, 0.29) is 35.3 Å². The number of nitrogen functional groups attached to an aromatic ring is 1. The predicted molar refractivity (Wildman–Crippen MR) is 245 cm³/mol. The highest BCUT2D eigenvalue weighted by molar-refractivity contribution is 7.48. The molecule has 0 aliphatic carbocycles. The third-order valence-electron chi connectivity index (χ3n) is 11.8. The predicted octanol–water partition coefficient (Wildman–Crippen LogP) is 12.6. The number of aromatic nitrogens is 3. The van der Waals surface area contributed by atoms with Crippen molar-refractivity contribution >= 4 is 30.8 Å². The molecular formula is C48H66ClFN5O8P. The van der Waals surface area contributed by atoms with Gasteiger partial charge in [0.25, 0.3) is 0 Å². The number of benzene rings is 2. The van der Waals surface area contributed by atoms with Crippen LogP contribution in [0.4, 0.5) is 10.2 Å². The Morgan fingerprint density at radius 2 is 1.53 bits per heavy atom. The van der Waals surface area contributed by atoms with Crippen LogP contribution >= 0.6 is 19.4 Å². The summed E-state index contributed by atoms with van der Waals surface area (Å²) in [6, 6.07) is 16.1. The Labute approximate surface area is 383 Å². The lowest BCUT2D eigenvalue weighted by molar-refractivity contribution is -0.191. The number of halogens is 2. The first kappa shape index (κ1) is 49.6. The number of phosphoric acid groups is 1. The maximum absolute atomic E-state index is 14.7. The van der Waals surface area contributed by atoms with E-state index in [0.717, 1.165) is 25.7 Å². The molecule has 6 atom stereocenters. The molecule has 4 heterocycles. The van der Waals surface area contributed by atoms with Crippen molar-refractivity contribution in [1.29, 1.82) is 5.26 Å². The molecule has 350 valence electrons. The fraction of sp³-hybridized carbons (Fsp3) is 0.604. The van der Waals surface area contributed by atoms with Gasteiger partial charge in [-0.3, -0.25) is 9.05 Å². The highest BCUT2D eigenvalue weighted by Gasteiger charge is 2.57. The van der Waals surface area contributed by atoms with E-state index in [4.69, 9.17) is 49.9 Å². The highest BCUT2D eigenvalue weighted by Crippen LogP contribution is 2.53. The summed E-state index contributed by atoms with van der Waals surface area (Å²) < 4.78 is 74.6. The fourth-order valence-electron chi connectivity index (χ4n) is 8.44. The monoisotopic (exact) mass is 925 g/mol. The van der Waals surface area contributed by atoms with Gasteiger partial charge in [0.05, 0.1) is 29.5 Å². The molecule has 2 aliphatic rings. The number of nitriles is 1. The fourth-order valence-corrected chi connectivity index (χ4v) is 9.92. The molecule has 2 aromatic heterocycles. The van der Waals surface area contributed by atoms with Crippen molar-refractivity contribution in [1.82, 2.24) is 14.6 Å². The molecule has 64 heavy (non-hydrogen) atoms. The number of unbranched alkanes of at least 4 members (excludes halogenated alkanes) is 16. The zero-order valence-corrected chi connectivity index (χ0v) is 39.3. The third kappa shape index (κ3) is 14.3. The first-order valence-electron chi connectivity index (χ1n) is 23.3. The van der Waals surface area contributed by atoms with Gasteiger partial charge >= 0.3 is 7.82 Å². The average molecular weight is 927 g/mol. The van der Waals surface area contributed by atoms with Gasteiger partial charge in [-0.1, -0.05) is 133 Å². The van der Waals surface area contributed by atoms with Gasteiger partial charge < -0.3 is 29.2 Å². The first-order chi connectivity index (χ1) is 31.0. The quantitative estimate of drug-likeness (QED) is 0.0406. The minimum Gasteiger partial charge on any atom is -0.488 e. The van der Waals surface area contributed by atoms with Gasteiger partial charge in [-0.15, -0.1) is 0 Å². The lowest BCUT2D eigenvalue weighted by atomic mass is 10.0. The van der Waals surface area contributed by atoms with Crippen LogP contribution in [0, 0.1) is 17.1 Å². The van der Waals surface area contributed by atoms with Crippen molar-refractivity contribution < 1.29 is 41.5 Å². The molecule has 0 radical (unpaired) electrons. The molecule has 4 aromatic rings. The van der Waals surface area contributed by atoms with Crippen LogP contribution in [0.2, 0.25) is 5.02 Å². The average Bonchev–Trinajstić information content (AvgIpc) is 3.95. The van der Waals surface area contributed by atoms with Crippen LogP contribution in [0.3, 0.4) is 0 Å². The Kier molecular flexibility index (Phi) is 19.1. The SMILES string of the molecule is CCCCCCCCCCCCCCCCCCC[C@H](COP(=O)(OC[C@H]1O[C@@H](c2ccc3c(N)ncnn23)[C@@H]2OC(C)(C)O[C@@H]21)Oc1ccccc1Cl)Oc1ccc(C#N)c(F)c1. The molecule has 0 bridgehead atoms. The van der Waals surface area contributed by atoms with Crippen molar-refractivity contribution in [3.05, 3.63) is 83.0 Å². The number of para-hydroxylation sites is 1. The Balaban J connectivity index is 1.05. The number of nitrogens with two attached hydrogens (primary N) is 1. The van der Waals surface area contributed by atoms with Gasteiger partial charge in [-0.05, 0) is 63.1 Å². The Morgan fingerprint density at radius 3 is 2.17 bits per heavy atom. The van der Waals surface area contributed by atoms with Crippen LogP contribution in [-0.2, 0) is 27.8 Å². The normalized spacial score (nSPS) is 20.5. The molecule has 0 saturated carbocycles. The Morgan fingerprint density at radius 1 is 0.891 bits per heavy atom. The highest BCUT2D eigenvalue weighted by atomic mass is 35.5. The standard InChI is InChI=1S/C48H66ClFN5O8P/c1-4-5-6-7-8-9-10-11-12-13-14-15-16-17-18-19-20-23-37(59-36-27-26-35(31-51)39(50)30-36)32-57-64(56,63-42-25-22-21-24-38(42)49)58-33-43-45-46(62-48(2,3)61-45)44(60-43)40-28-29-41-47(52)53-34-54-55(40)41/h21-22,24-30,34,37,43-46H,4-20,23,32-33H2,1-3H3,(H2,52,53,54)/t37-,43-,44+,45-,46+,64?/m1/s1. The van der Waals surface area contributed by atoms with E-state index in [1.807, 2.05) is 26.0 Å². The molecule has 0 amide bonds. The molecular weight excluding hydrogens is 860 g/mol. The summed E-state index contributed by atoms with van der Waals surface area (Å²) in [5.41, 5.74) is 7.30. The van der Waals surface area contributed by atoms with Gasteiger partial charge in [-0.2, -0.15) is 10.4 Å². The summed E-state index contributed by atoms with van der Waals surface area (Å²) in [7, 11) is -4.47. The molecule has 16 heteroatoms. The zero-order valence-electron chi connectivity index (χ0n) is 37.6. The van der Waals surface area contributed by atoms with Crippen molar-refractivity contribution in [3.63, 3.8) is 0 Å². The molecule has 2 aliphatic heterocycles. The number of rotatable bonds is 29. The van der Waals surface area contributed by atoms with Gasteiger partial charge in [0.15, 0.2) is 11.6 Å². The van der Waals surface area contributed by atoms with Crippen molar-refractivity contribution in [3.8, 4) is 17.6 Å². The second-order valence-corrected chi connectivity index (χ2v) is 19.4. The molecule has 1 unspecified atom stereocenters. The number of anilines is 1. The number of hydrogen-bond donors (Lipinski definition) is 1. The topological polar surface area (TPSA) is 162 Å². The number of fused-ring (bicyclic) bond motifs is 2. The third-order valence-corrected chi connectivity index (χ3v) is 13.5. The summed E-state index contributed by atoms with van der Waals surface area (Å²) >= 11 is 6.47. The van der Waals surface area contributed by atoms with E-state index in [9.17, 15) is 14.2 Å². The molecule has 2 N–H and O–H groups in total. The number of ether oxygens (including phenoxy) is 4. The summed E-state index contributed by atoms with van der Waals surface area (Å²) in [5.74, 6) is -1.04. The zero-order chi connectivity index (χ0) is 45.4. The van der Waals surface area contributed by atoms with Crippen molar-refractivity contribution in [2.24, 2.45) is 0 Å². The molecule has 2 saturated heterocycles. The maximum Gasteiger partial charge on any atom is 0.530 e. The van der Waals surface area contributed by atoms with Gasteiger partial charge in [0, 0.05) is 6.07 Å². The summed E-state index contributed by atoms with van der Waals surface area (Å²) in [4.78, 5) is 4.09. The van der Waals surface area contributed by atoms with E-state index in [2.05, 4.69) is 17.0 Å². The first-order valence-corrected chi connectivity index (χ1v) is 25.1. The number of phosphoric ester groups is 1. The summed E-state index contributed by atoms with van der Waals surface area (Å²) in [6.45, 7) is 5.38. The van der Waals surface area contributed by atoms with Crippen LogP contribution in [0.25, 0.3) is 5.52 Å². The lowest BCUT2D eigenvalue weighted by Gasteiger charge is -2.26. The van der Waals surface area contributed by atoms with E-state index >= 15 is 0 Å². The van der Waals surface area contributed by atoms with Gasteiger partial charge in [0.2, 0.25) is 0 Å². The smallest absolute Gasteiger partial charge is 0.488 e. The van der Waals surface area contributed by atoms with E-state index in [1.165, 1.54) is 108 Å². The summed E-state index contributed by atoms with van der Waals surface area (Å²) in [5, 5.41) is 13.9. The lowest BCUT2D eigenvalue weighted by Crippen LogP contribution is -2.33. The van der Waals surface area contributed by atoms with Crippen LogP contribution in [0.15, 0.2) is 60.9 Å². The second-order valence-electron chi connectivity index (χ2n) is 17.4. The van der Waals surface area contributed by atoms with Gasteiger partial charge in [-0.25, -0.2) is 18.5 Å². The van der Waals surface area contributed by atoms with Crippen LogP contribution in [-0.4, -0.2) is 58.0 Å². The van der Waals surface area contributed by atoms with E-state index in [1.54, 1.807) is 34.8 Å². The maximum atomic E-state index is 14.7. The van der Waals surface area contributed by atoms with Crippen LogP contribution in [0.1, 0.15) is 154 Å². The van der Waals surface area contributed by atoms with Crippen LogP contribution in [0.5, 0.6) is 11.5 Å². The van der Waals surface area contributed by atoms with Crippen molar-refractivity contribution in [2.45, 2.75) is 173 Å². The number of hydrogen-bond acceptors (Lipinski definition) is 12. The van der Waals surface area contributed by atoms with Gasteiger partial charge in [0.1, 0.15) is 65.7 Å². The van der Waals surface area contributed by atoms with Crippen LogP contribution < -0.4 is 15.0 Å². The molecule has 6 rings (SSSR count). The summed E-state index contributed by atoms with van der Waals surface area (Å²) in [6.07, 6.45) is 19.8. The van der Waals surface area contributed by atoms with E-state index < -0.39 is 49.9 Å². The Hall–Kier alpha value is -3.80. The largest absolute Gasteiger partial charge is 0.530 e. The molecule has 0 spiro atoms. The molecule has 2 fully saturated rings. The molecule has 13 nitrogen and oxygen atoms in total. The minimum absolute atomic E-state index is 0.0916. The molecule has 2 aromatic carbocycles. The minimum atomic E-state index is -4.47. The second kappa shape index (κ2) is 24.6. The van der Waals surface area contributed by atoms with Crippen molar-refractivity contribution in [2.75, 3.05) is 18.9 Å². The number of nitrogens with zero attached hydrogens (tertiary/aromatic N) is 4. The van der Waals surface area contributed by atoms with E-state index in [0.29, 0.717) is 23.4 Å². The Bertz CT molecular complexity index is 2150.